The molecule has 1 aromatic carbocycles. The van der Waals surface area contributed by atoms with Crippen LogP contribution >= 0.6 is 0 Å². The van der Waals surface area contributed by atoms with E-state index in [1.54, 1.807) is 6.07 Å². The average molecular weight is 479 g/mol. The summed E-state index contributed by atoms with van der Waals surface area (Å²) in [5, 5.41) is 8.84. The molecule has 0 atom stereocenters. The van der Waals surface area contributed by atoms with E-state index in [0.717, 1.165) is 32.1 Å². The molecule has 3 nitrogen and oxygen atoms in total. The lowest BCUT2D eigenvalue weighted by Gasteiger charge is -2.28. The Balaban J connectivity index is 1.28. The van der Waals surface area contributed by atoms with Crippen LogP contribution in [0.1, 0.15) is 120 Å². The van der Waals surface area contributed by atoms with Crippen molar-refractivity contribution < 1.29 is 9.13 Å². The Bertz CT molecular complexity index is 897. The van der Waals surface area contributed by atoms with Crippen LogP contribution in [0, 0.1) is 23.1 Å². The van der Waals surface area contributed by atoms with Crippen LogP contribution in [0.2, 0.25) is 0 Å². The summed E-state index contributed by atoms with van der Waals surface area (Å²) in [6, 6.07) is 10.8. The molecule has 0 spiro atoms. The van der Waals surface area contributed by atoms with Gasteiger partial charge >= 0.3 is 0 Å². The van der Waals surface area contributed by atoms with Gasteiger partial charge in [0.15, 0.2) is 0 Å². The number of pyridine rings is 1. The summed E-state index contributed by atoms with van der Waals surface area (Å²) in [5.41, 5.74) is 2.65. The van der Waals surface area contributed by atoms with Crippen molar-refractivity contribution in [3.05, 3.63) is 59.2 Å². The number of unbranched alkanes of at least 4 members (excludes halogenated alkanes) is 9. The lowest BCUT2D eigenvalue weighted by Crippen LogP contribution is -2.19. The highest BCUT2D eigenvalue weighted by molar-refractivity contribution is 5.36. The average Bonchev–Trinajstić information content (AvgIpc) is 2.89. The van der Waals surface area contributed by atoms with E-state index in [1.807, 2.05) is 6.07 Å². The summed E-state index contributed by atoms with van der Waals surface area (Å²) in [6.07, 6.45) is 21.4. The standard InChI is InChI=1S/C31H43FN2O/c1-2-3-4-5-6-7-8-9-10-11-12-25-15-20-31(34-23-25)27-16-13-26(14-17-27)24-35-29-19-18-28(22-33)30(32)21-29/h15,18-21,23,26-27H,2-14,16-17,24H2,1H3. The minimum Gasteiger partial charge on any atom is -0.493 e. The molecule has 1 aliphatic carbocycles. The predicted molar refractivity (Wildman–Crippen MR) is 141 cm³/mol. The number of hydrogen-bond acceptors (Lipinski definition) is 3. The fourth-order valence-electron chi connectivity index (χ4n) is 5.16. The van der Waals surface area contributed by atoms with Crippen LogP contribution in [0.3, 0.4) is 0 Å². The van der Waals surface area contributed by atoms with Gasteiger partial charge in [0.2, 0.25) is 0 Å². The van der Waals surface area contributed by atoms with E-state index in [4.69, 9.17) is 15.0 Å². The van der Waals surface area contributed by atoms with Crippen molar-refractivity contribution in [2.75, 3.05) is 6.61 Å². The number of aryl methyl sites for hydroxylation is 1. The first-order chi connectivity index (χ1) is 17.2. The number of hydrogen-bond donors (Lipinski definition) is 0. The molecule has 3 rings (SSSR count). The Labute approximate surface area is 212 Å². The maximum Gasteiger partial charge on any atom is 0.144 e. The number of aromatic nitrogens is 1. The van der Waals surface area contributed by atoms with Gasteiger partial charge in [0.05, 0.1) is 12.2 Å². The molecule has 1 saturated carbocycles. The Morgan fingerprint density at radius 2 is 1.60 bits per heavy atom. The van der Waals surface area contributed by atoms with Crippen LogP contribution in [-0.2, 0) is 6.42 Å². The second-order valence-corrected chi connectivity index (χ2v) is 10.3. The van der Waals surface area contributed by atoms with Gasteiger partial charge in [-0.1, -0.05) is 70.8 Å². The number of benzene rings is 1. The number of nitriles is 1. The van der Waals surface area contributed by atoms with Crippen LogP contribution in [0.15, 0.2) is 36.5 Å². The molecule has 1 heterocycles. The monoisotopic (exact) mass is 478 g/mol. The predicted octanol–water partition coefficient (Wildman–Crippen LogP) is 8.91. The lowest BCUT2D eigenvalue weighted by molar-refractivity contribution is 0.198. The number of rotatable bonds is 15. The van der Waals surface area contributed by atoms with Crippen molar-refractivity contribution in [3.8, 4) is 11.8 Å². The highest BCUT2D eigenvalue weighted by Crippen LogP contribution is 2.35. The van der Waals surface area contributed by atoms with Crippen molar-refractivity contribution >= 4 is 0 Å². The first-order valence-electron chi connectivity index (χ1n) is 14.0. The zero-order valence-electron chi connectivity index (χ0n) is 21.6. The van der Waals surface area contributed by atoms with Crippen molar-refractivity contribution in [1.82, 2.24) is 4.98 Å². The Morgan fingerprint density at radius 3 is 2.20 bits per heavy atom. The van der Waals surface area contributed by atoms with E-state index in [2.05, 4.69) is 25.3 Å². The molecule has 35 heavy (non-hydrogen) atoms. The molecule has 0 bridgehead atoms. The molecule has 0 unspecified atom stereocenters. The fraction of sp³-hybridized carbons (Fsp3) is 0.613. The smallest absolute Gasteiger partial charge is 0.144 e. The van der Waals surface area contributed by atoms with Crippen LogP contribution in [-0.4, -0.2) is 11.6 Å². The SMILES string of the molecule is CCCCCCCCCCCCc1ccc(C2CCC(COc3ccc(C#N)c(F)c3)CC2)nc1. The molecular weight excluding hydrogens is 435 g/mol. The quantitative estimate of drug-likeness (QED) is 0.240. The van der Waals surface area contributed by atoms with Gasteiger partial charge < -0.3 is 4.74 Å². The van der Waals surface area contributed by atoms with E-state index in [-0.39, 0.29) is 5.56 Å². The molecule has 0 amide bonds. The molecule has 0 N–H and O–H groups in total. The zero-order valence-corrected chi connectivity index (χ0v) is 21.6. The van der Waals surface area contributed by atoms with E-state index < -0.39 is 5.82 Å². The molecule has 190 valence electrons. The third-order valence-electron chi connectivity index (χ3n) is 7.48. The van der Waals surface area contributed by atoms with Crippen LogP contribution in [0.5, 0.6) is 5.75 Å². The zero-order chi connectivity index (χ0) is 24.7. The van der Waals surface area contributed by atoms with Gasteiger partial charge in [-0.25, -0.2) is 4.39 Å². The van der Waals surface area contributed by atoms with Crippen molar-refractivity contribution in [1.29, 1.82) is 5.26 Å². The van der Waals surface area contributed by atoms with Gasteiger partial charge in [-0.05, 0) is 68.2 Å². The first-order valence-corrected chi connectivity index (χ1v) is 14.0. The summed E-state index contributed by atoms with van der Waals surface area (Å²) in [7, 11) is 0. The lowest BCUT2D eigenvalue weighted by atomic mass is 9.80. The molecule has 2 aromatic rings. The highest BCUT2D eigenvalue weighted by atomic mass is 19.1. The summed E-state index contributed by atoms with van der Waals surface area (Å²) in [6.45, 7) is 2.88. The van der Waals surface area contributed by atoms with E-state index in [1.165, 1.54) is 87.6 Å². The fourth-order valence-corrected chi connectivity index (χ4v) is 5.16. The van der Waals surface area contributed by atoms with E-state index >= 15 is 0 Å². The van der Waals surface area contributed by atoms with Gasteiger partial charge in [-0.15, -0.1) is 0 Å². The number of halogens is 1. The van der Waals surface area contributed by atoms with Gasteiger partial charge in [0, 0.05) is 23.9 Å². The van der Waals surface area contributed by atoms with Crippen molar-refractivity contribution in [3.63, 3.8) is 0 Å². The van der Waals surface area contributed by atoms with Gasteiger partial charge in [-0.2, -0.15) is 5.26 Å². The molecule has 1 fully saturated rings. The maximum atomic E-state index is 13.7. The third kappa shape index (κ3) is 9.63. The summed E-state index contributed by atoms with van der Waals surface area (Å²) in [4.78, 5) is 4.81. The molecule has 1 aromatic heterocycles. The first kappa shape index (κ1) is 27.2. The normalized spacial score (nSPS) is 17.7. The third-order valence-corrected chi connectivity index (χ3v) is 7.48. The van der Waals surface area contributed by atoms with E-state index in [9.17, 15) is 4.39 Å². The Morgan fingerprint density at radius 1 is 0.914 bits per heavy atom. The molecule has 0 radical (unpaired) electrons. The molecule has 4 heteroatoms. The number of ether oxygens (including phenoxy) is 1. The largest absolute Gasteiger partial charge is 0.493 e. The van der Waals surface area contributed by atoms with Gasteiger partial charge in [-0.3, -0.25) is 4.98 Å². The highest BCUT2D eigenvalue weighted by Gasteiger charge is 2.23. The van der Waals surface area contributed by atoms with Crippen LogP contribution in [0.4, 0.5) is 4.39 Å². The van der Waals surface area contributed by atoms with Crippen LogP contribution in [0.25, 0.3) is 0 Å². The summed E-state index contributed by atoms with van der Waals surface area (Å²) < 4.78 is 19.6. The van der Waals surface area contributed by atoms with Crippen molar-refractivity contribution in [2.45, 2.75) is 109 Å². The van der Waals surface area contributed by atoms with E-state index in [0.29, 0.717) is 24.2 Å². The minimum absolute atomic E-state index is 0.0554. The Kier molecular flexibility index (Phi) is 12.1. The molecule has 1 aliphatic rings. The summed E-state index contributed by atoms with van der Waals surface area (Å²) >= 11 is 0. The van der Waals surface area contributed by atoms with Gasteiger partial charge in [0.1, 0.15) is 17.6 Å². The summed E-state index contributed by atoms with van der Waals surface area (Å²) in [5.74, 6) is 1.00. The number of nitrogens with zero attached hydrogens (tertiary/aromatic N) is 2. The second kappa shape index (κ2) is 15.6. The molecular formula is C31H43FN2O. The second-order valence-electron chi connectivity index (χ2n) is 10.3. The Hall–Kier alpha value is -2.41. The van der Waals surface area contributed by atoms with Crippen molar-refractivity contribution in [2.24, 2.45) is 5.92 Å². The minimum atomic E-state index is -0.517. The van der Waals surface area contributed by atoms with Crippen LogP contribution < -0.4 is 4.74 Å². The molecule has 0 aliphatic heterocycles. The maximum absolute atomic E-state index is 13.7. The van der Waals surface area contributed by atoms with Gasteiger partial charge in [0.25, 0.3) is 0 Å². The molecule has 0 saturated heterocycles. The topological polar surface area (TPSA) is 45.9 Å².